The van der Waals surface area contributed by atoms with Crippen LogP contribution in [0.3, 0.4) is 0 Å². The van der Waals surface area contributed by atoms with Gasteiger partial charge in [-0.25, -0.2) is 0 Å². The summed E-state index contributed by atoms with van der Waals surface area (Å²) < 4.78 is 6.46. The zero-order valence-electron chi connectivity index (χ0n) is 10.0. The van der Waals surface area contributed by atoms with Crippen LogP contribution < -0.4 is 9.44 Å². The molecule has 2 aromatic rings. The Morgan fingerprint density at radius 1 is 0.611 bits per heavy atom. The highest BCUT2D eigenvalue weighted by Crippen LogP contribution is 2.24. The molecule has 0 saturated heterocycles. The first-order chi connectivity index (χ1) is 8.95. The minimum Gasteiger partial charge on any atom is -0.319 e. The van der Waals surface area contributed by atoms with Crippen LogP contribution in [0.25, 0.3) is 0 Å². The number of hydrogen-bond acceptors (Lipinski definition) is 4. The largest absolute Gasteiger partial charge is 0.319 e. The van der Waals surface area contributed by atoms with Gasteiger partial charge in [0.05, 0.1) is 0 Å². The van der Waals surface area contributed by atoms with Crippen LogP contribution in [0.15, 0.2) is 73.8 Å². The summed E-state index contributed by atoms with van der Waals surface area (Å²) in [6.45, 7) is 6.00. The number of para-hydroxylation sites is 2. The van der Waals surface area contributed by atoms with Gasteiger partial charge in [0.15, 0.2) is 0 Å². The number of nitrogens with one attached hydrogen (secondary N) is 2. The minimum absolute atomic E-state index is 1.11. The summed E-state index contributed by atoms with van der Waals surface area (Å²) in [6, 6.07) is 20.2. The molecule has 18 heavy (non-hydrogen) atoms. The maximum atomic E-state index is 3.23. The zero-order chi connectivity index (χ0) is 13.1. The summed E-state index contributed by atoms with van der Waals surface area (Å²) in [5.74, 6) is 0. The molecule has 2 N–H and O–H groups in total. The maximum Gasteiger partial charge on any atom is 0.0448 e. The van der Waals surface area contributed by atoms with Crippen LogP contribution in [0.4, 0.5) is 11.4 Å². The van der Waals surface area contributed by atoms with E-state index >= 15 is 0 Å². The van der Waals surface area contributed by atoms with E-state index in [1.165, 1.54) is 0 Å². The van der Waals surface area contributed by atoms with Crippen molar-refractivity contribution in [2.45, 2.75) is 0 Å². The van der Waals surface area contributed by atoms with Gasteiger partial charge in [-0.15, -0.1) is 13.2 Å². The molecule has 0 aliphatic heterocycles. The standard InChI is InChI=1S/C12H12N2S2.C2H4/c1-3-7-11(8-4-1)13-15-16-14-12-9-5-2-6-10-12;1-2/h1-10,13-14H;1-2H2. The van der Waals surface area contributed by atoms with Crippen molar-refractivity contribution in [3.63, 3.8) is 0 Å². The molecule has 0 spiro atoms. The van der Waals surface area contributed by atoms with Gasteiger partial charge in [-0.1, -0.05) is 36.4 Å². The maximum absolute atomic E-state index is 3.23. The summed E-state index contributed by atoms with van der Waals surface area (Å²) in [6.07, 6.45) is 0. The molecule has 94 valence electrons. The number of benzene rings is 2. The monoisotopic (exact) mass is 276 g/mol. The summed E-state index contributed by atoms with van der Waals surface area (Å²) in [7, 11) is 3.11. The summed E-state index contributed by atoms with van der Waals surface area (Å²) in [5, 5.41) is 0. The van der Waals surface area contributed by atoms with Gasteiger partial charge >= 0.3 is 0 Å². The Hall–Kier alpha value is -1.52. The SMILES string of the molecule is C=C.c1ccc(NSSNc2ccccc2)cc1. The molecule has 0 atom stereocenters. The van der Waals surface area contributed by atoms with Crippen LogP contribution in [-0.2, 0) is 0 Å². The fraction of sp³-hybridized carbons (Fsp3) is 0. The Labute approximate surface area is 117 Å². The molecule has 0 bridgehead atoms. The molecular weight excluding hydrogens is 260 g/mol. The van der Waals surface area contributed by atoms with Crippen molar-refractivity contribution in [1.82, 2.24) is 0 Å². The van der Waals surface area contributed by atoms with Crippen LogP contribution in [-0.4, -0.2) is 0 Å². The average molecular weight is 276 g/mol. The Bertz CT molecular complexity index is 379. The van der Waals surface area contributed by atoms with Gasteiger partial charge in [0, 0.05) is 33.3 Å². The van der Waals surface area contributed by atoms with Gasteiger partial charge in [0.25, 0.3) is 0 Å². The van der Waals surface area contributed by atoms with Crippen molar-refractivity contribution in [3.05, 3.63) is 73.8 Å². The molecule has 2 rings (SSSR count). The molecule has 0 amide bonds. The first-order valence-corrected chi connectivity index (χ1v) is 7.55. The van der Waals surface area contributed by atoms with Gasteiger partial charge in [-0.2, -0.15) is 0 Å². The van der Waals surface area contributed by atoms with E-state index in [1.807, 2.05) is 60.7 Å². The fourth-order valence-corrected chi connectivity index (χ4v) is 2.53. The Balaban J connectivity index is 0.000000771. The lowest BCUT2D eigenvalue weighted by atomic mass is 10.3. The predicted octanol–water partition coefficient (Wildman–Crippen LogP) is 5.22. The average Bonchev–Trinajstić information content (AvgIpc) is 2.48. The fourth-order valence-electron chi connectivity index (χ4n) is 1.15. The highest BCUT2D eigenvalue weighted by molar-refractivity contribution is 8.77. The third-order valence-electron chi connectivity index (χ3n) is 1.91. The molecule has 2 nitrogen and oxygen atoms in total. The van der Waals surface area contributed by atoms with Gasteiger partial charge in [0.2, 0.25) is 0 Å². The second kappa shape index (κ2) is 9.50. The molecule has 4 heteroatoms. The van der Waals surface area contributed by atoms with E-state index < -0.39 is 0 Å². The highest BCUT2D eigenvalue weighted by Gasteiger charge is 1.92. The topological polar surface area (TPSA) is 24.1 Å². The molecule has 2 aromatic carbocycles. The van der Waals surface area contributed by atoms with Crippen molar-refractivity contribution in [2.75, 3.05) is 9.44 Å². The van der Waals surface area contributed by atoms with E-state index in [1.54, 1.807) is 22.0 Å². The van der Waals surface area contributed by atoms with E-state index in [2.05, 4.69) is 22.6 Å². The van der Waals surface area contributed by atoms with Gasteiger partial charge < -0.3 is 9.44 Å². The quantitative estimate of drug-likeness (QED) is 0.338. The van der Waals surface area contributed by atoms with Crippen LogP contribution in [0, 0.1) is 0 Å². The second-order valence-corrected chi connectivity index (χ2v) is 4.84. The van der Waals surface area contributed by atoms with E-state index in [-0.39, 0.29) is 0 Å². The molecule has 0 aliphatic carbocycles. The van der Waals surface area contributed by atoms with E-state index in [0.717, 1.165) is 11.4 Å². The van der Waals surface area contributed by atoms with E-state index in [9.17, 15) is 0 Å². The molecule has 0 radical (unpaired) electrons. The normalized spacial score (nSPS) is 8.89. The molecule has 0 fully saturated rings. The second-order valence-electron chi connectivity index (χ2n) is 3.10. The number of rotatable bonds is 5. The lowest BCUT2D eigenvalue weighted by molar-refractivity contribution is 1.68. The predicted molar refractivity (Wildman–Crippen MR) is 86.6 cm³/mol. The van der Waals surface area contributed by atoms with Crippen LogP contribution >= 0.6 is 22.0 Å². The van der Waals surface area contributed by atoms with Crippen molar-refractivity contribution in [2.24, 2.45) is 0 Å². The molecular formula is C14H16N2S2. The lowest BCUT2D eigenvalue weighted by Crippen LogP contribution is -1.86. The van der Waals surface area contributed by atoms with E-state index in [4.69, 9.17) is 0 Å². The van der Waals surface area contributed by atoms with Gasteiger partial charge in [0.1, 0.15) is 0 Å². The molecule has 0 unspecified atom stereocenters. The number of anilines is 2. The van der Waals surface area contributed by atoms with Crippen molar-refractivity contribution >= 4 is 33.3 Å². The Kier molecular flexibility index (Phi) is 7.68. The Morgan fingerprint density at radius 2 is 0.944 bits per heavy atom. The van der Waals surface area contributed by atoms with Crippen molar-refractivity contribution in [1.29, 1.82) is 0 Å². The van der Waals surface area contributed by atoms with E-state index in [0.29, 0.717) is 0 Å². The third kappa shape index (κ3) is 5.70. The number of hydrogen-bond donors (Lipinski definition) is 2. The highest BCUT2D eigenvalue weighted by atomic mass is 33.1. The lowest BCUT2D eigenvalue weighted by Gasteiger charge is -2.05. The van der Waals surface area contributed by atoms with Crippen LogP contribution in [0.5, 0.6) is 0 Å². The molecule has 0 aliphatic rings. The summed E-state index contributed by atoms with van der Waals surface area (Å²) in [5.41, 5.74) is 2.21. The summed E-state index contributed by atoms with van der Waals surface area (Å²) in [4.78, 5) is 0. The third-order valence-corrected chi connectivity index (χ3v) is 3.38. The van der Waals surface area contributed by atoms with Crippen molar-refractivity contribution in [3.8, 4) is 0 Å². The molecule has 0 aromatic heterocycles. The van der Waals surface area contributed by atoms with Crippen LogP contribution in [0.2, 0.25) is 0 Å². The first-order valence-electron chi connectivity index (χ1n) is 5.40. The Morgan fingerprint density at radius 3 is 1.28 bits per heavy atom. The zero-order valence-corrected chi connectivity index (χ0v) is 11.6. The van der Waals surface area contributed by atoms with Crippen molar-refractivity contribution < 1.29 is 0 Å². The molecule has 0 heterocycles. The van der Waals surface area contributed by atoms with Gasteiger partial charge in [-0.3, -0.25) is 0 Å². The minimum atomic E-state index is 1.11. The van der Waals surface area contributed by atoms with Gasteiger partial charge in [-0.05, 0) is 24.3 Å². The smallest absolute Gasteiger partial charge is 0.0448 e. The molecule has 0 saturated carbocycles. The van der Waals surface area contributed by atoms with Crippen LogP contribution in [0.1, 0.15) is 0 Å². The first kappa shape index (κ1) is 14.5. The summed E-state index contributed by atoms with van der Waals surface area (Å²) >= 11 is 0.